The molecule has 4 N–H and O–H groups in total. The Bertz CT molecular complexity index is 1120. The van der Waals surface area contributed by atoms with Crippen LogP contribution >= 0.6 is 0 Å². The number of anilines is 2. The van der Waals surface area contributed by atoms with E-state index in [0.29, 0.717) is 5.69 Å². The number of benzene rings is 2. The SMILES string of the molecule is CCC(C)=C/C=C\c1ccc(C(Nc2cc(C)ccn2)c2ccc(NO)cc2)c(O)c1C. The number of rotatable bonds is 8. The topological polar surface area (TPSA) is 77.4 Å². The van der Waals surface area contributed by atoms with Crippen LogP contribution in [0.4, 0.5) is 11.5 Å². The number of pyridine rings is 1. The van der Waals surface area contributed by atoms with Gasteiger partial charge in [0.25, 0.3) is 0 Å². The van der Waals surface area contributed by atoms with Crippen LogP contribution in [-0.4, -0.2) is 15.3 Å². The number of phenolic OH excluding ortho intramolecular Hbond substituents is 1. The number of allylic oxidation sites excluding steroid dienone is 3. The highest BCUT2D eigenvalue weighted by Gasteiger charge is 2.20. The highest BCUT2D eigenvalue weighted by Crippen LogP contribution is 2.36. The van der Waals surface area contributed by atoms with Gasteiger partial charge in [0.2, 0.25) is 0 Å². The van der Waals surface area contributed by atoms with Gasteiger partial charge in [-0.2, -0.15) is 0 Å². The van der Waals surface area contributed by atoms with Gasteiger partial charge in [0, 0.05) is 11.8 Å². The van der Waals surface area contributed by atoms with Crippen LogP contribution in [0.3, 0.4) is 0 Å². The molecule has 1 heterocycles. The van der Waals surface area contributed by atoms with Gasteiger partial charge in [-0.1, -0.05) is 55.0 Å². The van der Waals surface area contributed by atoms with Crippen molar-refractivity contribution in [3.63, 3.8) is 0 Å². The summed E-state index contributed by atoms with van der Waals surface area (Å²) in [5.74, 6) is 0.971. The van der Waals surface area contributed by atoms with Crippen molar-refractivity contribution in [2.75, 3.05) is 10.8 Å². The first-order valence-electron chi connectivity index (χ1n) is 10.8. The zero-order valence-electron chi connectivity index (χ0n) is 19.1. The summed E-state index contributed by atoms with van der Waals surface area (Å²) in [6, 6.07) is 15.0. The van der Waals surface area contributed by atoms with Crippen molar-refractivity contribution in [3.05, 3.63) is 100 Å². The fraction of sp³-hybridized carbons (Fsp3) is 0.222. The van der Waals surface area contributed by atoms with E-state index in [2.05, 4.69) is 35.7 Å². The van der Waals surface area contributed by atoms with E-state index in [9.17, 15) is 5.11 Å². The van der Waals surface area contributed by atoms with Crippen LogP contribution in [0.2, 0.25) is 0 Å². The molecule has 166 valence electrons. The summed E-state index contributed by atoms with van der Waals surface area (Å²) < 4.78 is 0. The molecular weight excluding hydrogens is 398 g/mol. The molecule has 0 amide bonds. The fourth-order valence-corrected chi connectivity index (χ4v) is 3.44. The van der Waals surface area contributed by atoms with Crippen molar-refractivity contribution in [3.8, 4) is 5.75 Å². The largest absolute Gasteiger partial charge is 0.507 e. The third-order valence-corrected chi connectivity index (χ3v) is 5.61. The normalized spacial score (nSPS) is 12.7. The van der Waals surface area contributed by atoms with Crippen LogP contribution in [0.25, 0.3) is 6.08 Å². The lowest BCUT2D eigenvalue weighted by Gasteiger charge is -2.23. The van der Waals surface area contributed by atoms with Gasteiger partial charge in [0.05, 0.1) is 11.7 Å². The molecule has 1 atom stereocenters. The lowest BCUT2D eigenvalue weighted by Crippen LogP contribution is -2.14. The lowest BCUT2D eigenvalue weighted by atomic mass is 9.93. The molecule has 3 rings (SSSR count). The monoisotopic (exact) mass is 429 g/mol. The molecule has 1 aromatic heterocycles. The highest BCUT2D eigenvalue weighted by molar-refractivity contribution is 5.63. The van der Waals surface area contributed by atoms with Gasteiger partial charge in [0.1, 0.15) is 11.6 Å². The predicted octanol–water partition coefficient (Wildman–Crippen LogP) is 6.78. The Hall–Kier alpha value is -3.57. The van der Waals surface area contributed by atoms with E-state index in [1.807, 2.05) is 62.4 Å². The van der Waals surface area contributed by atoms with Crippen molar-refractivity contribution >= 4 is 17.6 Å². The van der Waals surface area contributed by atoms with Crippen molar-refractivity contribution in [1.82, 2.24) is 4.98 Å². The van der Waals surface area contributed by atoms with Crippen LogP contribution in [0, 0.1) is 13.8 Å². The van der Waals surface area contributed by atoms with Gasteiger partial charge < -0.3 is 10.4 Å². The van der Waals surface area contributed by atoms with Crippen molar-refractivity contribution < 1.29 is 10.3 Å². The maximum atomic E-state index is 11.1. The van der Waals surface area contributed by atoms with Crippen LogP contribution < -0.4 is 10.8 Å². The fourth-order valence-electron chi connectivity index (χ4n) is 3.44. The molecule has 2 aromatic carbocycles. The summed E-state index contributed by atoms with van der Waals surface area (Å²) in [6.45, 7) is 8.17. The molecule has 5 heteroatoms. The van der Waals surface area contributed by atoms with Gasteiger partial charge in [0.15, 0.2) is 0 Å². The second kappa shape index (κ2) is 10.6. The zero-order valence-corrected chi connectivity index (χ0v) is 19.1. The van der Waals surface area contributed by atoms with E-state index < -0.39 is 0 Å². The van der Waals surface area contributed by atoms with Crippen molar-refractivity contribution in [2.45, 2.75) is 40.2 Å². The quantitative estimate of drug-likeness (QED) is 0.235. The maximum absolute atomic E-state index is 11.1. The van der Waals surface area contributed by atoms with Gasteiger partial charge in [-0.15, -0.1) is 0 Å². The Balaban J connectivity index is 2.02. The molecule has 0 aliphatic carbocycles. The first-order valence-corrected chi connectivity index (χ1v) is 10.8. The van der Waals surface area contributed by atoms with E-state index in [-0.39, 0.29) is 11.8 Å². The first-order chi connectivity index (χ1) is 15.4. The first kappa shape index (κ1) is 23.1. The number of hydrogen-bond acceptors (Lipinski definition) is 5. The summed E-state index contributed by atoms with van der Waals surface area (Å²) in [5, 5.41) is 23.8. The molecule has 0 fully saturated rings. The van der Waals surface area contributed by atoms with E-state index >= 15 is 0 Å². The standard InChI is InChI=1S/C27H31N3O2/c1-5-18(2)7-6-8-21-11-14-24(27(31)20(21)4)26(22-9-12-23(30-32)13-10-22)29-25-17-19(3)15-16-28-25/h6-17,26,30-32H,5H2,1-4H3,(H,28,29)/b8-6-,18-7?. The number of aryl methyl sites for hydroxylation is 1. The molecule has 1 unspecified atom stereocenters. The minimum Gasteiger partial charge on any atom is -0.507 e. The molecule has 3 aromatic rings. The minimum absolute atomic E-state index is 0.248. The summed E-state index contributed by atoms with van der Waals surface area (Å²) >= 11 is 0. The number of nitrogens with one attached hydrogen (secondary N) is 2. The number of nitrogens with zero attached hydrogens (tertiary/aromatic N) is 1. The van der Waals surface area contributed by atoms with Crippen molar-refractivity contribution in [1.29, 1.82) is 0 Å². The van der Waals surface area contributed by atoms with Gasteiger partial charge >= 0.3 is 0 Å². The van der Waals surface area contributed by atoms with Crippen LogP contribution in [0.5, 0.6) is 5.75 Å². The number of aromatic nitrogens is 1. The average molecular weight is 430 g/mol. The predicted molar refractivity (Wildman–Crippen MR) is 132 cm³/mol. The van der Waals surface area contributed by atoms with Crippen LogP contribution in [0.1, 0.15) is 54.1 Å². The third-order valence-electron chi connectivity index (χ3n) is 5.61. The Morgan fingerprint density at radius 1 is 1.09 bits per heavy atom. The molecule has 0 spiro atoms. The summed E-state index contributed by atoms with van der Waals surface area (Å²) in [5.41, 5.74) is 8.63. The average Bonchev–Trinajstić information content (AvgIpc) is 2.80. The second-order valence-corrected chi connectivity index (χ2v) is 7.97. The third kappa shape index (κ3) is 5.56. The van der Waals surface area contributed by atoms with E-state index in [1.165, 1.54) is 5.57 Å². The second-order valence-electron chi connectivity index (χ2n) is 7.97. The molecule has 0 aliphatic rings. The molecular formula is C27H31N3O2. The molecule has 0 saturated carbocycles. The molecule has 5 nitrogen and oxygen atoms in total. The Morgan fingerprint density at radius 3 is 2.50 bits per heavy atom. The van der Waals surface area contributed by atoms with Gasteiger partial charge in [-0.05, 0) is 73.7 Å². The number of phenols is 1. The molecule has 0 radical (unpaired) electrons. The highest BCUT2D eigenvalue weighted by atomic mass is 16.5. The number of aromatic hydroxyl groups is 1. The van der Waals surface area contributed by atoms with Gasteiger partial charge in [-0.3, -0.25) is 10.7 Å². The molecule has 0 bridgehead atoms. The molecule has 0 aliphatic heterocycles. The van der Waals surface area contributed by atoms with E-state index in [4.69, 9.17) is 5.21 Å². The summed E-state index contributed by atoms with van der Waals surface area (Å²) in [4.78, 5) is 4.44. The molecule has 32 heavy (non-hydrogen) atoms. The maximum Gasteiger partial charge on any atom is 0.126 e. The Labute approximate surface area is 190 Å². The van der Waals surface area contributed by atoms with Gasteiger partial charge in [-0.25, -0.2) is 4.98 Å². The Morgan fingerprint density at radius 2 is 1.84 bits per heavy atom. The smallest absolute Gasteiger partial charge is 0.126 e. The summed E-state index contributed by atoms with van der Waals surface area (Å²) in [7, 11) is 0. The van der Waals surface area contributed by atoms with Crippen molar-refractivity contribution in [2.24, 2.45) is 0 Å². The minimum atomic E-state index is -0.323. The lowest BCUT2D eigenvalue weighted by molar-refractivity contribution is 0.389. The van der Waals surface area contributed by atoms with E-state index in [0.717, 1.165) is 40.1 Å². The number of hydrogen-bond donors (Lipinski definition) is 4. The Kier molecular flexibility index (Phi) is 7.68. The van der Waals surface area contributed by atoms with E-state index in [1.54, 1.807) is 18.3 Å². The molecule has 0 saturated heterocycles. The van der Waals surface area contributed by atoms with Crippen LogP contribution in [-0.2, 0) is 0 Å². The van der Waals surface area contributed by atoms with Crippen LogP contribution in [0.15, 0.2) is 72.5 Å². The zero-order chi connectivity index (χ0) is 23.1. The summed E-state index contributed by atoms with van der Waals surface area (Å²) in [6.07, 6.45) is 8.91.